The lowest BCUT2D eigenvalue weighted by molar-refractivity contribution is 0.0978. The van der Waals surface area contributed by atoms with Crippen LogP contribution in [0.15, 0.2) is 72.8 Å². The number of carbonyl (C=O) groups is 1. The average molecular weight is 1300 g/mol. The van der Waals surface area contributed by atoms with Crippen molar-refractivity contribution in [1.29, 1.82) is 0 Å². The van der Waals surface area contributed by atoms with Gasteiger partial charge in [0.15, 0.2) is 5.78 Å². The largest absolute Gasteiger partial charge is 0.508 e. The van der Waals surface area contributed by atoms with Gasteiger partial charge in [0.2, 0.25) is 0 Å². The first-order valence-corrected chi connectivity index (χ1v) is 39.9. The zero-order valence-electron chi connectivity index (χ0n) is 54.5. The maximum atomic E-state index is 12.2. The van der Waals surface area contributed by atoms with E-state index in [0.29, 0.717) is 28.1 Å². The molecular formula is C71H103BrO9S2Si2. The molecule has 0 aromatic heterocycles. The van der Waals surface area contributed by atoms with Crippen LogP contribution in [0, 0.1) is 47.6 Å². The molecule has 1 aliphatic rings. The first-order valence-electron chi connectivity index (χ1n) is 29.7. The van der Waals surface area contributed by atoms with Crippen LogP contribution in [0.5, 0.6) is 46.0 Å². The van der Waals surface area contributed by atoms with Crippen LogP contribution in [-0.2, 0) is 10.8 Å². The molecule has 1 aliphatic heterocycles. The molecule has 0 saturated carbocycles. The van der Waals surface area contributed by atoms with Crippen LogP contribution >= 0.6 is 39.5 Å². The fourth-order valence-electron chi connectivity index (χ4n) is 8.28. The molecule has 0 bridgehead atoms. The number of benzene rings is 4. The number of hydrogen-bond donors (Lipinski definition) is 2. The van der Waals surface area contributed by atoms with Gasteiger partial charge in [-0.3, -0.25) is 4.79 Å². The SMILES string of the molecule is C#CCCCCBr.C#CCCCCC(C)(C)c1cc(O)cc(O)c1.COc1cc(OC)cc(C(=O)CCCCC#C[Si](C)(C)C)c1.COc1cc(OC)cc(C(C)(C)CCCCC#C[Si](C)(C)C)c1.COc1cc(OC)cc(C2SCCCS2)c1. The number of phenols is 2. The third-order valence-corrected chi connectivity index (χ3v) is 18.7. The topological polar surface area (TPSA) is 113 Å². The summed E-state index contributed by atoms with van der Waals surface area (Å²) in [5.41, 5.74) is 11.0. The van der Waals surface area contributed by atoms with Crippen molar-refractivity contribution < 1.29 is 43.4 Å². The van der Waals surface area contributed by atoms with Gasteiger partial charge in [-0.05, 0) is 145 Å². The van der Waals surface area contributed by atoms with Gasteiger partial charge < -0.3 is 38.6 Å². The van der Waals surface area contributed by atoms with E-state index < -0.39 is 16.1 Å². The number of thioether (sulfide) groups is 2. The van der Waals surface area contributed by atoms with E-state index in [2.05, 4.69) is 142 Å². The van der Waals surface area contributed by atoms with Gasteiger partial charge in [0, 0.05) is 67.3 Å². The van der Waals surface area contributed by atoms with Crippen LogP contribution in [0.1, 0.15) is 162 Å². The van der Waals surface area contributed by atoms with E-state index in [4.69, 9.17) is 41.3 Å². The number of ether oxygens (including phenoxy) is 6. The van der Waals surface area contributed by atoms with Gasteiger partial charge in [0.1, 0.15) is 62.1 Å². The molecule has 0 aliphatic carbocycles. The minimum atomic E-state index is -1.27. The first kappa shape index (κ1) is 77.8. The molecule has 85 heavy (non-hydrogen) atoms. The van der Waals surface area contributed by atoms with Gasteiger partial charge in [-0.25, -0.2) is 0 Å². The number of ketones is 1. The predicted octanol–water partition coefficient (Wildman–Crippen LogP) is 19.1. The summed E-state index contributed by atoms with van der Waals surface area (Å²) in [7, 11) is 7.46. The monoisotopic (exact) mass is 1300 g/mol. The Morgan fingerprint density at radius 1 is 0.529 bits per heavy atom. The lowest BCUT2D eigenvalue weighted by Gasteiger charge is -2.26. The van der Waals surface area contributed by atoms with Gasteiger partial charge in [0.05, 0.1) is 47.2 Å². The Labute approximate surface area is 534 Å². The fraction of sp³-hybridized carbons (Fsp3) is 0.535. The molecule has 4 aromatic rings. The molecule has 0 amide bonds. The Kier molecular flexibility index (Phi) is 39.0. The average Bonchev–Trinajstić information content (AvgIpc) is 3.67. The van der Waals surface area contributed by atoms with Crippen molar-refractivity contribution in [2.24, 2.45) is 0 Å². The van der Waals surface area contributed by atoms with E-state index in [-0.39, 0.29) is 28.1 Å². The van der Waals surface area contributed by atoms with Gasteiger partial charge in [-0.1, -0.05) is 95.7 Å². The summed E-state index contributed by atoms with van der Waals surface area (Å²) in [4.78, 5) is 12.2. The second-order valence-corrected chi connectivity index (χ2v) is 37.0. The van der Waals surface area contributed by atoms with E-state index in [9.17, 15) is 15.0 Å². The molecule has 2 N–H and O–H groups in total. The van der Waals surface area contributed by atoms with Gasteiger partial charge in [-0.15, -0.1) is 71.1 Å². The van der Waals surface area contributed by atoms with Crippen LogP contribution in [-0.4, -0.2) is 91.6 Å². The first-order chi connectivity index (χ1) is 40.2. The third-order valence-electron chi connectivity index (χ3n) is 13.3. The maximum absolute atomic E-state index is 12.2. The Hall–Kier alpha value is -5.20. The summed E-state index contributed by atoms with van der Waals surface area (Å²) >= 11 is 7.32. The normalized spacial score (nSPS) is 12.0. The number of carbonyl (C=O) groups excluding carboxylic acids is 1. The number of methoxy groups -OCH3 is 6. The molecule has 1 fully saturated rings. The van der Waals surface area contributed by atoms with E-state index in [1.807, 2.05) is 35.7 Å². The molecule has 0 radical (unpaired) electrons. The van der Waals surface area contributed by atoms with Gasteiger partial charge in [0.25, 0.3) is 0 Å². The molecule has 1 saturated heterocycles. The highest BCUT2D eigenvalue weighted by Crippen LogP contribution is 2.45. The highest BCUT2D eigenvalue weighted by Gasteiger charge is 2.23. The second-order valence-electron chi connectivity index (χ2n) is 24.0. The maximum Gasteiger partial charge on any atom is 0.163 e. The second kappa shape index (κ2) is 42.6. The van der Waals surface area contributed by atoms with Crippen LogP contribution in [0.25, 0.3) is 0 Å². The van der Waals surface area contributed by atoms with Crippen LogP contribution < -0.4 is 28.4 Å². The Balaban J connectivity index is 0.000000550. The van der Waals surface area contributed by atoms with E-state index in [0.717, 1.165) is 105 Å². The number of alkyl halides is 1. The van der Waals surface area contributed by atoms with Crippen molar-refractivity contribution in [2.45, 2.75) is 185 Å². The Morgan fingerprint density at radius 2 is 0.894 bits per heavy atom. The molecule has 0 unspecified atom stereocenters. The van der Waals surface area contributed by atoms with Crippen molar-refractivity contribution in [1.82, 2.24) is 0 Å². The number of halogens is 1. The number of terminal acetylenes is 2. The Morgan fingerprint density at radius 3 is 1.28 bits per heavy atom. The van der Waals surface area contributed by atoms with Gasteiger partial charge >= 0.3 is 0 Å². The highest BCUT2D eigenvalue weighted by atomic mass is 79.9. The fourth-order valence-corrected chi connectivity index (χ4v) is 12.8. The van der Waals surface area contributed by atoms with Crippen LogP contribution in [0.2, 0.25) is 39.3 Å². The number of unbranched alkanes of at least 4 members (excludes halogenated alkanes) is 8. The van der Waals surface area contributed by atoms with Crippen molar-refractivity contribution in [3.05, 3.63) is 95.1 Å². The number of aromatic hydroxyl groups is 2. The van der Waals surface area contributed by atoms with E-state index >= 15 is 0 Å². The predicted molar refractivity (Wildman–Crippen MR) is 374 cm³/mol. The summed E-state index contributed by atoms with van der Waals surface area (Å²) < 4.78 is 32.3. The molecule has 0 spiro atoms. The lowest BCUT2D eigenvalue weighted by Crippen LogP contribution is -2.17. The van der Waals surface area contributed by atoms with Gasteiger partial charge in [-0.2, -0.15) is 0 Å². The Bertz CT molecular complexity index is 2690. The number of hydrogen-bond acceptors (Lipinski definition) is 11. The van der Waals surface area contributed by atoms with E-state index in [1.54, 1.807) is 73.0 Å². The van der Waals surface area contributed by atoms with E-state index in [1.165, 1.54) is 54.4 Å². The molecule has 1 heterocycles. The molecule has 0 atom stereocenters. The minimum Gasteiger partial charge on any atom is -0.508 e. The van der Waals surface area contributed by atoms with Crippen molar-refractivity contribution in [2.75, 3.05) is 59.5 Å². The van der Waals surface area contributed by atoms with Crippen molar-refractivity contribution in [3.8, 4) is 93.6 Å². The standard InChI is InChI=1S/C20H32O2Si.C18H26O3Si.C15H20O2.C12H16O2S2.C6H9Br/c1-20(2,12-10-8-9-11-13-23(5,6)7)17-14-18(21-3)16-19(15-17)22-4;1-20-16-12-15(13-17(14-16)21-2)18(19)10-8-6-7-9-11-22(3,4)5;1-4-5-6-7-8-15(2,3)12-9-13(16)11-14(17)10-12;1-13-10-6-9(7-11(8-10)14-2)12-15-4-3-5-16-12;1-2-3-4-5-6-7/h14-16H,8-10,12H2,1-7H3;12-14H,6-8,10H2,1-5H3;1,9-11,16-17H,5-8H2,2-3H3;6-8,12H,3-5H2,1-2H3;1H,3-6H2. The lowest BCUT2D eigenvalue weighted by atomic mass is 9.80. The molecule has 14 heteroatoms. The zero-order valence-corrected chi connectivity index (χ0v) is 59.8. The molecular weight excluding hydrogens is 1200 g/mol. The highest BCUT2D eigenvalue weighted by molar-refractivity contribution is 9.09. The molecule has 4 aromatic carbocycles. The molecule has 468 valence electrons. The van der Waals surface area contributed by atoms with Crippen LogP contribution in [0.3, 0.4) is 0 Å². The van der Waals surface area contributed by atoms with Crippen LogP contribution in [0.4, 0.5) is 0 Å². The summed E-state index contributed by atoms with van der Waals surface area (Å²) in [5, 5.41) is 20.0. The van der Waals surface area contributed by atoms with Crippen molar-refractivity contribution in [3.63, 3.8) is 0 Å². The smallest absolute Gasteiger partial charge is 0.163 e. The number of Topliss-reactive ketones (excluding diaryl/α,β-unsaturated/α-hetero) is 1. The zero-order chi connectivity index (χ0) is 63.9. The summed E-state index contributed by atoms with van der Waals surface area (Å²) in [6, 6.07) is 22.3. The summed E-state index contributed by atoms with van der Waals surface area (Å²) in [5.74, 6) is 19.4. The minimum absolute atomic E-state index is 0.0647. The quantitative estimate of drug-likeness (QED) is 0.0217. The third kappa shape index (κ3) is 35.3. The van der Waals surface area contributed by atoms with Crippen molar-refractivity contribution >= 4 is 61.4 Å². The number of phenolic OH excluding ortho intramolecular Hbond substituents is 2. The summed E-state index contributed by atoms with van der Waals surface area (Å²) in [6.45, 7) is 22.4. The molecule has 5 rings (SSSR count). The summed E-state index contributed by atoms with van der Waals surface area (Å²) in [6.07, 6.45) is 26.4. The number of rotatable bonds is 25. The molecule has 9 nitrogen and oxygen atoms in total.